The lowest BCUT2D eigenvalue weighted by Gasteiger charge is -2.05. The smallest absolute Gasteiger partial charge is 0.274 e. The third-order valence-corrected chi connectivity index (χ3v) is 5.23. The van der Waals surface area contributed by atoms with Crippen molar-refractivity contribution >= 4 is 39.3 Å². The van der Waals surface area contributed by atoms with Crippen molar-refractivity contribution in [2.75, 3.05) is 5.32 Å². The van der Waals surface area contributed by atoms with Gasteiger partial charge in [0, 0.05) is 22.3 Å². The first-order valence-corrected chi connectivity index (χ1v) is 9.86. The van der Waals surface area contributed by atoms with Gasteiger partial charge >= 0.3 is 0 Å². The molecule has 4 rings (SSSR count). The second-order valence-electron chi connectivity index (χ2n) is 6.35. The number of aromatic nitrogens is 4. The van der Waals surface area contributed by atoms with E-state index in [4.69, 9.17) is 11.6 Å². The molecule has 2 aromatic heterocycles. The summed E-state index contributed by atoms with van der Waals surface area (Å²) in [6, 6.07) is 11.8. The summed E-state index contributed by atoms with van der Waals surface area (Å²) in [5.41, 5.74) is 1.66. The van der Waals surface area contributed by atoms with Gasteiger partial charge in [0.2, 0.25) is 0 Å². The second-order valence-corrected chi connectivity index (χ2v) is 7.61. The highest BCUT2D eigenvalue weighted by Crippen LogP contribution is 2.25. The highest BCUT2D eigenvalue weighted by atomic mass is 79.9. The van der Waals surface area contributed by atoms with Gasteiger partial charge in [-0.2, -0.15) is 10.2 Å². The van der Waals surface area contributed by atoms with Crippen LogP contribution in [0.5, 0.6) is 0 Å². The number of hydrogen-bond donors (Lipinski definition) is 2. The van der Waals surface area contributed by atoms with Gasteiger partial charge in [-0.25, -0.2) is 8.78 Å². The van der Waals surface area contributed by atoms with E-state index >= 15 is 0 Å². The van der Waals surface area contributed by atoms with Crippen molar-refractivity contribution in [2.45, 2.75) is 6.54 Å². The van der Waals surface area contributed by atoms with E-state index in [0.717, 1.165) is 0 Å². The zero-order chi connectivity index (χ0) is 21.3. The Labute approximate surface area is 183 Å². The van der Waals surface area contributed by atoms with Crippen LogP contribution >= 0.6 is 27.5 Å². The number of H-pyrrole nitrogens is 1. The number of benzene rings is 2. The summed E-state index contributed by atoms with van der Waals surface area (Å²) in [6.45, 7) is 0.0960. The van der Waals surface area contributed by atoms with E-state index in [-0.39, 0.29) is 28.9 Å². The van der Waals surface area contributed by atoms with Crippen molar-refractivity contribution in [2.24, 2.45) is 0 Å². The largest absolute Gasteiger partial charge is 0.303 e. The fourth-order valence-corrected chi connectivity index (χ4v) is 3.43. The summed E-state index contributed by atoms with van der Waals surface area (Å²) in [4.78, 5) is 12.5. The van der Waals surface area contributed by atoms with Crippen molar-refractivity contribution in [3.8, 4) is 11.3 Å². The summed E-state index contributed by atoms with van der Waals surface area (Å²) >= 11 is 9.39. The van der Waals surface area contributed by atoms with E-state index in [1.165, 1.54) is 28.9 Å². The quantitative estimate of drug-likeness (QED) is 0.399. The predicted molar refractivity (Wildman–Crippen MR) is 112 cm³/mol. The molecule has 2 aromatic carbocycles. The minimum Gasteiger partial charge on any atom is -0.303 e. The fraction of sp³-hybridized carbons (Fsp3) is 0.0500. The van der Waals surface area contributed by atoms with Gasteiger partial charge in [-0.1, -0.05) is 17.7 Å². The van der Waals surface area contributed by atoms with E-state index in [1.807, 2.05) is 0 Å². The van der Waals surface area contributed by atoms with Crippen LogP contribution < -0.4 is 5.32 Å². The molecule has 0 saturated heterocycles. The van der Waals surface area contributed by atoms with Crippen LogP contribution in [0.15, 0.2) is 59.2 Å². The molecule has 152 valence electrons. The summed E-state index contributed by atoms with van der Waals surface area (Å²) in [7, 11) is 0. The van der Waals surface area contributed by atoms with Crippen LogP contribution in [-0.2, 0) is 6.54 Å². The molecular formula is C20H13BrClF2N5O. The summed E-state index contributed by atoms with van der Waals surface area (Å²) in [5.74, 6) is -1.01. The number of amides is 1. The number of nitrogens with zero attached hydrogens (tertiary/aromatic N) is 3. The van der Waals surface area contributed by atoms with Gasteiger partial charge in [0.1, 0.15) is 17.3 Å². The van der Waals surface area contributed by atoms with Crippen molar-refractivity contribution in [1.29, 1.82) is 0 Å². The number of aromatic amines is 1. The van der Waals surface area contributed by atoms with Crippen LogP contribution in [0.25, 0.3) is 11.3 Å². The van der Waals surface area contributed by atoms with Gasteiger partial charge < -0.3 is 5.32 Å². The number of carbonyl (C=O) groups is 1. The minimum absolute atomic E-state index is 0.0960. The second kappa shape index (κ2) is 8.37. The van der Waals surface area contributed by atoms with E-state index < -0.39 is 11.7 Å². The molecule has 0 unspecified atom stereocenters. The normalized spacial score (nSPS) is 10.9. The molecule has 0 spiro atoms. The van der Waals surface area contributed by atoms with Crippen LogP contribution in [0.4, 0.5) is 14.6 Å². The molecule has 0 fully saturated rings. The molecule has 0 aliphatic rings. The van der Waals surface area contributed by atoms with E-state index in [2.05, 4.69) is 36.5 Å². The highest BCUT2D eigenvalue weighted by molar-refractivity contribution is 9.10. The molecule has 0 bridgehead atoms. The number of halogens is 4. The topological polar surface area (TPSA) is 75.6 Å². The lowest BCUT2D eigenvalue weighted by Crippen LogP contribution is -2.13. The lowest BCUT2D eigenvalue weighted by atomic mass is 10.1. The van der Waals surface area contributed by atoms with Crippen LogP contribution in [0.3, 0.4) is 0 Å². The molecule has 0 aliphatic carbocycles. The van der Waals surface area contributed by atoms with Crippen molar-refractivity contribution in [3.63, 3.8) is 0 Å². The molecule has 2 heterocycles. The monoisotopic (exact) mass is 491 g/mol. The number of carbonyl (C=O) groups excluding carboxylic acids is 1. The Morgan fingerprint density at radius 2 is 1.97 bits per heavy atom. The first kappa shape index (κ1) is 20.2. The van der Waals surface area contributed by atoms with Crippen molar-refractivity contribution < 1.29 is 13.6 Å². The maximum Gasteiger partial charge on any atom is 0.274 e. The van der Waals surface area contributed by atoms with Gasteiger partial charge in [-0.15, -0.1) is 0 Å². The first-order valence-electron chi connectivity index (χ1n) is 8.69. The predicted octanol–water partition coefficient (Wildman–Crippen LogP) is 5.27. The highest BCUT2D eigenvalue weighted by Gasteiger charge is 2.16. The average molecular weight is 493 g/mol. The Bertz CT molecular complexity index is 1200. The Morgan fingerprint density at radius 1 is 1.20 bits per heavy atom. The molecule has 0 atom stereocenters. The minimum atomic E-state index is -0.467. The molecule has 0 aliphatic heterocycles. The van der Waals surface area contributed by atoms with Crippen LogP contribution in [0.2, 0.25) is 5.02 Å². The van der Waals surface area contributed by atoms with Crippen molar-refractivity contribution in [1.82, 2.24) is 20.0 Å². The zero-order valence-electron chi connectivity index (χ0n) is 15.2. The lowest BCUT2D eigenvalue weighted by molar-refractivity contribution is 0.102. The van der Waals surface area contributed by atoms with Gasteiger partial charge in [-0.3, -0.25) is 14.6 Å². The fourth-order valence-electron chi connectivity index (χ4n) is 2.79. The average Bonchev–Trinajstić information content (AvgIpc) is 3.33. The molecule has 0 saturated carbocycles. The first-order chi connectivity index (χ1) is 14.4. The molecule has 0 radical (unpaired) electrons. The number of anilines is 1. The number of rotatable bonds is 5. The Balaban J connectivity index is 1.50. The molecule has 30 heavy (non-hydrogen) atoms. The molecule has 2 N–H and O–H groups in total. The van der Waals surface area contributed by atoms with Gasteiger partial charge in [0.25, 0.3) is 5.91 Å². The third-order valence-electron chi connectivity index (χ3n) is 4.29. The molecule has 6 nitrogen and oxygen atoms in total. The Kier molecular flexibility index (Phi) is 5.65. The van der Waals surface area contributed by atoms with Crippen LogP contribution in [0, 0.1) is 11.6 Å². The summed E-state index contributed by atoms with van der Waals surface area (Å²) in [6.07, 6.45) is 1.61. The molecule has 4 aromatic rings. The number of hydrogen-bond acceptors (Lipinski definition) is 3. The standard InChI is InChI=1S/C20H13BrClF2N5O/c21-14-10-29(9-13-15(22)2-1-3-16(13)24)28-19(14)25-20(30)18-8-17(26-27-18)11-4-6-12(23)7-5-11/h1-8,10H,9H2,(H,26,27)(H,25,28,30). The van der Waals surface area contributed by atoms with Gasteiger partial charge in [-0.05, 0) is 58.4 Å². The van der Waals surface area contributed by atoms with Gasteiger partial charge in [0.05, 0.1) is 16.7 Å². The summed E-state index contributed by atoms with van der Waals surface area (Å²) < 4.78 is 29.0. The van der Waals surface area contributed by atoms with E-state index in [1.54, 1.807) is 30.5 Å². The Hall–Kier alpha value is -3.04. The maximum atomic E-state index is 14.0. The number of nitrogens with one attached hydrogen (secondary N) is 2. The SMILES string of the molecule is O=C(Nc1nn(Cc2c(F)cccc2Cl)cc1Br)c1cc(-c2ccc(F)cc2)n[nH]1. The molecule has 10 heteroatoms. The molecular weight excluding hydrogens is 480 g/mol. The van der Waals surface area contributed by atoms with E-state index in [9.17, 15) is 13.6 Å². The van der Waals surface area contributed by atoms with Crippen LogP contribution in [0.1, 0.15) is 16.1 Å². The Morgan fingerprint density at radius 3 is 2.70 bits per heavy atom. The van der Waals surface area contributed by atoms with Gasteiger partial charge in [0.15, 0.2) is 5.82 Å². The summed E-state index contributed by atoms with van der Waals surface area (Å²) in [5, 5.41) is 13.9. The maximum absolute atomic E-state index is 14.0. The van der Waals surface area contributed by atoms with Crippen LogP contribution in [-0.4, -0.2) is 25.9 Å². The van der Waals surface area contributed by atoms with E-state index in [0.29, 0.717) is 21.3 Å². The van der Waals surface area contributed by atoms with Crippen molar-refractivity contribution in [3.05, 3.63) is 87.1 Å². The molecule has 1 amide bonds. The zero-order valence-corrected chi connectivity index (χ0v) is 17.5. The third kappa shape index (κ3) is 4.27.